The Morgan fingerprint density at radius 1 is 1.11 bits per heavy atom. The molecule has 1 aliphatic rings. The summed E-state index contributed by atoms with van der Waals surface area (Å²) in [5.74, 6) is -0.298. The fourth-order valence-electron chi connectivity index (χ4n) is 4.27. The first kappa shape index (κ1) is 28.7. The highest BCUT2D eigenvalue weighted by atomic mass is 32.1. The molecule has 1 fully saturated rings. The number of nitrogens with two attached hydrogens (primary N) is 1. The van der Waals surface area contributed by atoms with Crippen molar-refractivity contribution in [3.63, 3.8) is 0 Å². The Balaban J connectivity index is 1.75. The maximum atomic E-state index is 13.2. The van der Waals surface area contributed by atoms with Gasteiger partial charge in [0.15, 0.2) is 0 Å². The van der Waals surface area contributed by atoms with Crippen LogP contribution in [0.1, 0.15) is 61.0 Å². The summed E-state index contributed by atoms with van der Waals surface area (Å²) in [4.78, 5) is 2.75. The minimum atomic E-state index is -5.04. The molecule has 0 spiro atoms. The van der Waals surface area contributed by atoms with Gasteiger partial charge in [-0.25, -0.2) is 4.98 Å². The first-order chi connectivity index (χ1) is 17.2. The number of halogens is 6. The smallest absolute Gasteiger partial charge is 0.381 e. The number of anilines is 1. The molecule has 3 N–H and O–H groups in total. The molecule has 0 amide bonds. The molecule has 2 aromatic rings. The Bertz CT molecular complexity index is 1130. The second-order valence-corrected chi connectivity index (χ2v) is 9.54. The number of hydrogen-bond donors (Lipinski definition) is 3. The SMILES string of the molecule is C=C(c1cccc(C(C)C#N)c1)N(S)C1CCC(N)C(Nc2cc(C(F)(F)F)nc(C(F)(F)F)c2)CC1. The van der Waals surface area contributed by atoms with Crippen molar-refractivity contribution < 1.29 is 26.3 Å². The Hall–Kier alpha value is -2.91. The van der Waals surface area contributed by atoms with Crippen molar-refractivity contribution in [3.05, 3.63) is 65.5 Å². The van der Waals surface area contributed by atoms with Crippen LogP contribution in [0.3, 0.4) is 0 Å². The molecule has 1 aromatic heterocycles. The molecule has 12 heteroatoms. The van der Waals surface area contributed by atoms with Crippen molar-refractivity contribution in [1.29, 1.82) is 5.26 Å². The van der Waals surface area contributed by atoms with Crippen LogP contribution in [-0.4, -0.2) is 27.4 Å². The van der Waals surface area contributed by atoms with E-state index in [0.29, 0.717) is 43.5 Å². The van der Waals surface area contributed by atoms with E-state index in [9.17, 15) is 31.6 Å². The summed E-state index contributed by atoms with van der Waals surface area (Å²) < 4.78 is 80.8. The van der Waals surface area contributed by atoms with E-state index in [0.717, 1.165) is 11.1 Å². The first-order valence-corrected chi connectivity index (χ1v) is 12.0. The van der Waals surface area contributed by atoms with Crippen molar-refractivity contribution in [1.82, 2.24) is 9.29 Å². The average molecular weight is 544 g/mol. The van der Waals surface area contributed by atoms with Crippen molar-refractivity contribution in [2.45, 2.75) is 69.0 Å². The molecule has 5 nitrogen and oxygen atoms in total. The van der Waals surface area contributed by atoms with E-state index >= 15 is 0 Å². The summed E-state index contributed by atoms with van der Waals surface area (Å²) >= 11 is 4.63. The number of alkyl halides is 6. The molecule has 200 valence electrons. The van der Waals surface area contributed by atoms with Gasteiger partial charge in [-0.2, -0.15) is 31.6 Å². The Kier molecular flexibility index (Phi) is 8.70. The molecule has 1 aliphatic carbocycles. The average Bonchev–Trinajstić information content (AvgIpc) is 3.02. The van der Waals surface area contributed by atoms with Gasteiger partial charge in [0.1, 0.15) is 11.4 Å². The number of pyridine rings is 1. The normalized spacial score (nSPS) is 21.5. The Morgan fingerprint density at radius 3 is 2.27 bits per heavy atom. The van der Waals surface area contributed by atoms with E-state index in [1.165, 1.54) is 0 Å². The lowest BCUT2D eigenvalue weighted by atomic mass is 9.99. The van der Waals surface area contributed by atoms with Crippen molar-refractivity contribution >= 4 is 24.2 Å². The van der Waals surface area contributed by atoms with Gasteiger partial charge in [-0.05, 0) is 61.9 Å². The lowest BCUT2D eigenvalue weighted by Crippen LogP contribution is -2.39. The lowest BCUT2D eigenvalue weighted by Gasteiger charge is -2.29. The third kappa shape index (κ3) is 7.11. The molecule has 1 aromatic carbocycles. The molecular weight excluding hydrogens is 516 g/mol. The standard InChI is InChI=1S/C25H27F6N5S/c1-14(13-32)16-4-3-5-17(10-16)15(2)36(37)19-6-8-20(33)21(9-7-19)34-18-11-22(24(26,27)28)35-23(12-18)25(29,30)31/h3-5,10-12,14,19-21,37H,2,6-9,33H2,1H3,(H,34,35). The van der Waals surface area contributed by atoms with Crippen LogP contribution in [0.15, 0.2) is 43.0 Å². The van der Waals surface area contributed by atoms with Crippen LogP contribution in [0, 0.1) is 11.3 Å². The summed E-state index contributed by atoms with van der Waals surface area (Å²) in [7, 11) is 0. The van der Waals surface area contributed by atoms with Crippen LogP contribution in [-0.2, 0) is 12.4 Å². The molecule has 1 heterocycles. The molecule has 0 radical (unpaired) electrons. The van der Waals surface area contributed by atoms with Gasteiger partial charge in [-0.3, -0.25) is 0 Å². The van der Waals surface area contributed by atoms with Crippen LogP contribution in [0.4, 0.5) is 32.0 Å². The number of thiol groups is 1. The summed E-state index contributed by atoms with van der Waals surface area (Å²) in [6.07, 6.45) is -8.12. The topological polar surface area (TPSA) is 78.0 Å². The van der Waals surface area contributed by atoms with Crippen LogP contribution >= 0.6 is 12.8 Å². The number of nitrogens with one attached hydrogen (secondary N) is 1. The molecule has 4 unspecified atom stereocenters. The van der Waals surface area contributed by atoms with Crippen LogP contribution in [0.2, 0.25) is 0 Å². The van der Waals surface area contributed by atoms with Crippen molar-refractivity contribution in [2.24, 2.45) is 5.73 Å². The molecular formula is C25H27F6N5S. The number of nitrogens with zero attached hydrogens (tertiary/aromatic N) is 3. The highest BCUT2D eigenvalue weighted by Gasteiger charge is 2.39. The minimum Gasteiger partial charge on any atom is -0.381 e. The molecule has 1 saturated carbocycles. The molecule has 3 rings (SSSR count). The third-order valence-electron chi connectivity index (χ3n) is 6.46. The maximum absolute atomic E-state index is 13.2. The van der Waals surface area contributed by atoms with E-state index in [1.807, 2.05) is 24.3 Å². The Labute approximate surface area is 216 Å². The monoisotopic (exact) mass is 543 g/mol. The number of aromatic nitrogens is 1. The second-order valence-electron chi connectivity index (χ2n) is 9.11. The van der Waals surface area contributed by atoms with Crippen LogP contribution < -0.4 is 11.1 Å². The van der Waals surface area contributed by atoms with E-state index in [4.69, 9.17) is 5.73 Å². The number of nitriles is 1. The summed E-state index contributed by atoms with van der Waals surface area (Å²) in [5.41, 5.74) is 4.91. The van der Waals surface area contributed by atoms with Gasteiger partial charge in [0.2, 0.25) is 0 Å². The predicted molar refractivity (Wildman–Crippen MR) is 132 cm³/mol. The summed E-state index contributed by atoms with van der Waals surface area (Å²) in [6.45, 7) is 5.92. The van der Waals surface area contributed by atoms with E-state index in [-0.39, 0.29) is 17.6 Å². The van der Waals surface area contributed by atoms with Crippen LogP contribution in [0.5, 0.6) is 0 Å². The lowest BCUT2D eigenvalue weighted by molar-refractivity contribution is -0.150. The summed E-state index contributed by atoms with van der Waals surface area (Å²) in [5, 5.41) is 12.0. The maximum Gasteiger partial charge on any atom is 0.433 e. The predicted octanol–water partition coefficient (Wildman–Crippen LogP) is 6.61. The zero-order chi connectivity index (χ0) is 27.5. The largest absolute Gasteiger partial charge is 0.433 e. The van der Waals surface area contributed by atoms with E-state index < -0.39 is 35.8 Å². The van der Waals surface area contributed by atoms with Gasteiger partial charge in [-0.1, -0.05) is 37.6 Å². The molecule has 4 atom stereocenters. The zero-order valence-electron chi connectivity index (χ0n) is 19.9. The van der Waals surface area contributed by atoms with Gasteiger partial charge in [0.05, 0.1) is 12.0 Å². The molecule has 37 heavy (non-hydrogen) atoms. The number of rotatable bonds is 6. The fourth-order valence-corrected chi connectivity index (χ4v) is 4.62. The first-order valence-electron chi connectivity index (χ1n) is 11.6. The molecule has 0 aliphatic heterocycles. The highest BCUT2D eigenvalue weighted by molar-refractivity contribution is 7.78. The number of hydrogen-bond acceptors (Lipinski definition) is 6. The number of benzene rings is 1. The Morgan fingerprint density at radius 2 is 1.70 bits per heavy atom. The van der Waals surface area contributed by atoms with Crippen molar-refractivity contribution in [2.75, 3.05) is 5.32 Å². The van der Waals surface area contributed by atoms with Gasteiger partial charge in [0.25, 0.3) is 0 Å². The van der Waals surface area contributed by atoms with Crippen molar-refractivity contribution in [3.8, 4) is 6.07 Å². The molecule has 0 saturated heterocycles. The highest BCUT2D eigenvalue weighted by Crippen LogP contribution is 2.36. The quantitative estimate of drug-likeness (QED) is 0.217. The van der Waals surface area contributed by atoms with Gasteiger partial charge in [0, 0.05) is 29.5 Å². The van der Waals surface area contributed by atoms with Crippen LogP contribution in [0.25, 0.3) is 5.70 Å². The molecule has 0 bridgehead atoms. The fraction of sp³-hybridized carbons (Fsp3) is 0.440. The second kappa shape index (κ2) is 11.2. The summed E-state index contributed by atoms with van der Waals surface area (Å²) in [6, 6.07) is 9.50. The zero-order valence-corrected chi connectivity index (χ0v) is 20.8. The van der Waals surface area contributed by atoms with Gasteiger partial charge in [-0.15, -0.1) is 0 Å². The minimum absolute atomic E-state index is 0.125. The van der Waals surface area contributed by atoms with Gasteiger partial charge >= 0.3 is 12.4 Å². The third-order valence-corrected chi connectivity index (χ3v) is 7.02. The van der Waals surface area contributed by atoms with E-state index in [1.54, 1.807) is 11.2 Å². The van der Waals surface area contributed by atoms with Gasteiger partial charge < -0.3 is 15.4 Å². The van der Waals surface area contributed by atoms with E-state index in [2.05, 4.69) is 35.8 Å².